The first-order chi connectivity index (χ1) is 13.8. The molecule has 1 aliphatic rings. The molecular formula is C20H27F3IN5S. The highest BCUT2D eigenvalue weighted by molar-refractivity contribution is 14.0. The monoisotopic (exact) mass is 553 g/mol. The summed E-state index contributed by atoms with van der Waals surface area (Å²) in [6, 6.07) is 8.27. The third-order valence-corrected chi connectivity index (χ3v) is 5.70. The molecule has 1 aromatic carbocycles. The van der Waals surface area contributed by atoms with Crippen molar-refractivity contribution in [1.82, 2.24) is 20.5 Å². The number of rotatable bonds is 6. The van der Waals surface area contributed by atoms with Crippen LogP contribution in [-0.4, -0.2) is 61.3 Å². The third-order valence-electron chi connectivity index (χ3n) is 4.76. The van der Waals surface area contributed by atoms with Crippen molar-refractivity contribution in [2.24, 2.45) is 4.99 Å². The number of alkyl halides is 3. The molecule has 1 saturated heterocycles. The number of guanidine groups is 1. The first-order valence-corrected chi connectivity index (χ1v) is 10.5. The van der Waals surface area contributed by atoms with Gasteiger partial charge < -0.3 is 10.6 Å². The van der Waals surface area contributed by atoms with E-state index in [2.05, 4.69) is 57.2 Å². The number of halogens is 4. The van der Waals surface area contributed by atoms with Gasteiger partial charge in [-0.15, -0.1) is 35.3 Å². The number of aliphatic imine (C=N–C) groups is 1. The zero-order chi connectivity index (χ0) is 20.9. The maximum absolute atomic E-state index is 12.5. The molecule has 0 aliphatic carbocycles. The molecule has 1 aromatic heterocycles. The zero-order valence-corrected chi connectivity index (χ0v) is 20.1. The summed E-state index contributed by atoms with van der Waals surface area (Å²) in [5.74, 6) is 0.609. The fourth-order valence-electron chi connectivity index (χ4n) is 3.30. The summed E-state index contributed by atoms with van der Waals surface area (Å²) in [4.78, 5) is 10.3. The molecule has 0 saturated carbocycles. The van der Waals surface area contributed by atoms with Gasteiger partial charge in [0.15, 0.2) is 5.96 Å². The minimum atomic E-state index is -4.15. The Morgan fingerprint density at radius 3 is 2.70 bits per heavy atom. The number of thiazole rings is 1. The highest BCUT2D eigenvalue weighted by atomic mass is 127. The van der Waals surface area contributed by atoms with Gasteiger partial charge in [0.25, 0.3) is 0 Å². The number of nitrogens with one attached hydrogen (secondary N) is 2. The summed E-state index contributed by atoms with van der Waals surface area (Å²) in [6.07, 6.45) is -2.74. The Bertz CT molecular complexity index is 823. The minimum Gasteiger partial charge on any atom is -0.356 e. The van der Waals surface area contributed by atoms with Crippen molar-refractivity contribution in [2.45, 2.75) is 32.0 Å². The van der Waals surface area contributed by atoms with Gasteiger partial charge in [-0.2, -0.15) is 13.2 Å². The van der Waals surface area contributed by atoms with E-state index in [1.807, 2.05) is 0 Å². The fraction of sp³-hybridized carbons (Fsp3) is 0.500. The van der Waals surface area contributed by atoms with Gasteiger partial charge in [0.2, 0.25) is 0 Å². The highest BCUT2D eigenvalue weighted by Crippen LogP contribution is 2.24. The van der Waals surface area contributed by atoms with Gasteiger partial charge >= 0.3 is 6.18 Å². The Morgan fingerprint density at radius 1 is 1.30 bits per heavy atom. The number of aryl methyl sites for hydroxylation is 1. The normalized spacial score (nSPS) is 17.6. The second kappa shape index (κ2) is 11.3. The van der Waals surface area contributed by atoms with Gasteiger partial charge in [-0.05, 0) is 13.3 Å². The van der Waals surface area contributed by atoms with Gasteiger partial charge in [-0.1, -0.05) is 29.8 Å². The van der Waals surface area contributed by atoms with E-state index in [1.165, 1.54) is 10.5 Å². The van der Waals surface area contributed by atoms with Crippen molar-refractivity contribution in [2.75, 3.05) is 33.2 Å². The predicted octanol–water partition coefficient (Wildman–Crippen LogP) is 4.08. The van der Waals surface area contributed by atoms with Crippen molar-refractivity contribution < 1.29 is 13.2 Å². The molecule has 30 heavy (non-hydrogen) atoms. The summed E-state index contributed by atoms with van der Waals surface area (Å²) in [6.45, 7) is 2.66. The van der Waals surface area contributed by atoms with Crippen molar-refractivity contribution in [3.05, 3.63) is 40.9 Å². The standard InChI is InChI=1S/C20H26F3N5S.HI/c1-14-3-5-15(6-4-14)18-26-17(12-29-18)7-9-25-19(24-2)27-16-8-10-28(11-16)13-20(21,22)23;/h3-6,12,16H,7-11,13H2,1-2H3,(H2,24,25,27);1H. The fourth-order valence-corrected chi connectivity index (χ4v) is 4.16. The van der Waals surface area contributed by atoms with E-state index in [0.29, 0.717) is 32.0 Å². The number of hydrogen-bond donors (Lipinski definition) is 2. The highest BCUT2D eigenvalue weighted by Gasteiger charge is 2.34. The van der Waals surface area contributed by atoms with E-state index in [4.69, 9.17) is 0 Å². The third kappa shape index (κ3) is 7.69. The van der Waals surface area contributed by atoms with Crippen LogP contribution in [0.2, 0.25) is 0 Å². The van der Waals surface area contributed by atoms with Crippen LogP contribution in [0.25, 0.3) is 10.6 Å². The summed E-state index contributed by atoms with van der Waals surface area (Å²) in [5, 5.41) is 9.50. The Balaban J connectivity index is 0.00000320. The van der Waals surface area contributed by atoms with Gasteiger partial charge in [0, 0.05) is 50.1 Å². The van der Waals surface area contributed by atoms with Gasteiger partial charge in [0.1, 0.15) is 5.01 Å². The average Bonchev–Trinajstić information content (AvgIpc) is 3.30. The summed E-state index contributed by atoms with van der Waals surface area (Å²) in [5.41, 5.74) is 3.34. The number of hydrogen-bond acceptors (Lipinski definition) is 4. The van der Waals surface area contributed by atoms with Crippen LogP contribution in [0.3, 0.4) is 0 Å². The Morgan fingerprint density at radius 2 is 2.03 bits per heavy atom. The molecule has 166 valence electrons. The average molecular weight is 553 g/mol. The molecule has 0 radical (unpaired) electrons. The van der Waals surface area contributed by atoms with Crippen molar-refractivity contribution >= 4 is 41.3 Å². The van der Waals surface area contributed by atoms with E-state index in [9.17, 15) is 13.2 Å². The van der Waals surface area contributed by atoms with Gasteiger partial charge in [-0.3, -0.25) is 9.89 Å². The molecule has 1 atom stereocenters. The molecule has 3 rings (SSSR count). The Kier molecular flexibility index (Phi) is 9.35. The maximum Gasteiger partial charge on any atom is 0.401 e. The van der Waals surface area contributed by atoms with E-state index in [0.717, 1.165) is 22.7 Å². The molecule has 2 heterocycles. The lowest BCUT2D eigenvalue weighted by Crippen LogP contribution is -2.45. The minimum absolute atomic E-state index is 0. The van der Waals surface area contributed by atoms with E-state index in [-0.39, 0.29) is 30.0 Å². The van der Waals surface area contributed by atoms with Crippen molar-refractivity contribution in [3.8, 4) is 10.6 Å². The lowest BCUT2D eigenvalue weighted by atomic mass is 10.2. The predicted molar refractivity (Wildman–Crippen MR) is 127 cm³/mol. The van der Waals surface area contributed by atoms with Crippen LogP contribution in [0.5, 0.6) is 0 Å². The van der Waals surface area contributed by atoms with Crippen LogP contribution in [0.4, 0.5) is 13.2 Å². The number of likely N-dealkylation sites (tertiary alicyclic amines) is 1. The van der Waals surface area contributed by atoms with E-state index >= 15 is 0 Å². The summed E-state index contributed by atoms with van der Waals surface area (Å²) < 4.78 is 37.5. The van der Waals surface area contributed by atoms with E-state index in [1.54, 1.807) is 18.4 Å². The quantitative estimate of drug-likeness (QED) is 0.322. The molecule has 2 N–H and O–H groups in total. The molecule has 2 aromatic rings. The van der Waals surface area contributed by atoms with E-state index < -0.39 is 12.7 Å². The Labute approximate surface area is 196 Å². The lowest BCUT2D eigenvalue weighted by Gasteiger charge is -2.19. The first kappa shape index (κ1) is 24.9. The second-order valence-electron chi connectivity index (χ2n) is 7.24. The van der Waals surface area contributed by atoms with Crippen LogP contribution in [0.15, 0.2) is 34.6 Å². The van der Waals surface area contributed by atoms with Crippen molar-refractivity contribution in [3.63, 3.8) is 0 Å². The van der Waals surface area contributed by atoms with Crippen LogP contribution < -0.4 is 10.6 Å². The number of benzene rings is 1. The lowest BCUT2D eigenvalue weighted by molar-refractivity contribution is -0.143. The molecule has 0 bridgehead atoms. The van der Waals surface area contributed by atoms with Gasteiger partial charge in [0.05, 0.1) is 12.2 Å². The van der Waals surface area contributed by atoms with Crippen LogP contribution in [0.1, 0.15) is 17.7 Å². The molecule has 0 amide bonds. The number of nitrogens with zero attached hydrogens (tertiary/aromatic N) is 3. The maximum atomic E-state index is 12.5. The second-order valence-corrected chi connectivity index (χ2v) is 8.10. The molecule has 1 unspecified atom stereocenters. The molecule has 1 fully saturated rings. The van der Waals surface area contributed by atoms with Crippen LogP contribution in [0, 0.1) is 6.92 Å². The molecule has 0 spiro atoms. The van der Waals surface area contributed by atoms with Gasteiger partial charge in [-0.25, -0.2) is 4.98 Å². The first-order valence-electron chi connectivity index (χ1n) is 9.60. The zero-order valence-electron chi connectivity index (χ0n) is 17.0. The molecule has 5 nitrogen and oxygen atoms in total. The molecular weight excluding hydrogens is 526 g/mol. The van der Waals surface area contributed by atoms with Crippen LogP contribution >= 0.6 is 35.3 Å². The van der Waals surface area contributed by atoms with Crippen molar-refractivity contribution in [1.29, 1.82) is 0 Å². The smallest absolute Gasteiger partial charge is 0.356 e. The Hall–Kier alpha value is -1.40. The molecule has 1 aliphatic heterocycles. The number of aromatic nitrogens is 1. The topological polar surface area (TPSA) is 52.6 Å². The summed E-state index contributed by atoms with van der Waals surface area (Å²) >= 11 is 1.62. The SMILES string of the molecule is CN=C(NCCc1csc(-c2ccc(C)cc2)n1)NC1CCN(CC(F)(F)F)C1.I. The molecule has 10 heteroatoms. The summed E-state index contributed by atoms with van der Waals surface area (Å²) in [7, 11) is 1.66. The largest absolute Gasteiger partial charge is 0.401 e. The van der Waals surface area contributed by atoms with Crippen LogP contribution in [-0.2, 0) is 6.42 Å².